The van der Waals surface area contributed by atoms with Gasteiger partial charge in [-0.05, 0) is 28.8 Å². The zero-order valence-electron chi connectivity index (χ0n) is 18.2. The van der Waals surface area contributed by atoms with Gasteiger partial charge in [-0.25, -0.2) is 4.79 Å². The van der Waals surface area contributed by atoms with Crippen molar-refractivity contribution in [3.63, 3.8) is 0 Å². The van der Waals surface area contributed by atoms with Crippen LogP contribution in [0.25, 0.3) is 0 Å². The Morgan fingerprint density at radius 1 is 1.15 bits per heavy atom. The lowest BCUT2D eigenvalue weighted by molar-refractivity contribution is -0.153. The van der Waals surface area contributed by atoms with Crippen LogP contribution in [0.3, 0.4) is 0 Å². The van der Waals surface area contributed by atoms with Gasteiger partial charge < -0.3 is 14.8 Å². The van der Waals surface area contributed by atoms with Gasteiger partial charge in [-0.3, -0.25) is 14.5 Å². The molecule has 170 valence electrons. The molecule has 2 atom stereocenters. The van der Waals surface area contributed by atoms with Crippen molar-refractivity contribution in [3.8, 4) is 5.75 Å². The van der Waals surface area contributed by atoms with Gasteiger partial charge in [0.05, 0.1) is 13.5 Å². The second-order valence-electron chi connectivity index (χ2n) is 7.62. The smallest absolute Gasteiger partial charge is 0.355 e. The van der Waals surface area contributed by atoms with Crippen LogP contribution < -0.4 is 10.1 Å². The van der Waals surface area contributed by atoms with E-state index in [1.807, 2.05) is 42.5 Å². The van der Waals surface area contributed by atoms with Crippen LogP contribution >= 0.6 is 11.8 Å². The van der Waals surface area contributed by atoms with Gasteiger partial charge in [-0.15, -0.1) is 11.8 Å². The number of hydrogen-bond acceptors (Lipinski definition) is 6. The molecule has 0 aliphatic carbocycles. The van der Waals surface area contributed by atoms with Crippen LogP contribution in [0.2, 0.25) is 0 Å². The molecule has 0 aromatic heterocycles. The molecular weight excluding hydrogens is 440 g/mol. The van der Waals surface area contributed by atoms with E-state index in [2.05, 4.69) is 11.9 Å². The molecule has 2 amide bonds. The molecule has 2 aliphatic rings. The van der Waals surface area contributed by atoms with E-state index in [4.69, 9.17) is 9.47 Å². The van der Waals surface area contributed by atoms with Crippen molar-refractivity contribution in [2.45, 2.75) is 24.4 Å². The highest BCUT2D eigenvalue weighted by atomic mass is 32.2. The van der Waals surface area contributed by atoms with E-state index in [9.17, 15) is 14.4 Å². The van der Waals surface area contributed by atoms with E-state index >= 15 is 0 Å². The van der Waals surface area contributed by atoms with E-state index in [-0.39, 0.29) is 35.9 Å². The van der Waals surface area contributed by atoms with E-state index < -0.39 is 12.0 Å². The Balaban J connectivity index is 1.41. The monoisotopic (exact) mass is 464 g/mol. The Morgan fingerprint density at radius 2 is 1.88 bits per heavy atom. The number of amides is 2. The van der Waals surface area contributed by atoms with Gasteiger partial charge in [0.25, 0.3) is 5.91 Å². The van der Waals surface area contributed by atoms with Crippen molar-refractivity contribution in [2.75, 3.05) is 12.9 Å². The summed E-state index contributed by atoms with van der Waals surface area (Å²) < 4.78 is 10.6. The number of ether oxygens (including phenoxy) is 2. The highest BCUT2D eigenvalue weighted by molar-refractivity contribution is 8.00. The normalized spacial score (nSPS) is 19.3. The summed E-state index contributed by atoms with van der Waals surface area (Å²) in [6.45, 7) is 3.84. The molecule has 33 heavy (non-hydrogen) atoms. The van der Waals surface area contributed by atoms with Crippen LogP contribution in [-0.2, 0) is 32.1 Å². The largest absolute Gasteiger partial charge is 0.497 e. The number of benzene rings is 2. The highest BCUT2D eigenvalue weighted by Crippen LogP contribution is 2.41. The van der Waals surface area contributed by atoms with Crippen LogP contribution in [0.5, 0.6) is 5.75 Å². The lowest BCUT2D eigenvalue weighted by atomic mass is 10.0. The zero-order valence-corrected chi connectivity index (χ0v) is 19.0. The van der Waals surface area contributed by atoms with Gasteiger partial charge in [-0.1, -0.05) is 55.1 Å². The molecule has 0 spiro atoms. The molecule has 7 nitrogen and oxygen atoms in total. The van der Waals surface area contributed by atoms with Crippen LogP contribution in [0, 0.1) is 0 Å². The quantitative estimate of drug-likeness (QED) is 0.478. The highest BCUT2D eigenvalue weighted by Gasteiger charge is 2.54. The topological polar surface area (TPSA) is 84.9 Å². The van der Waals surface area contributed by atoms with Crippen molar-refractivity contribution >= 4 is 29.5 Å². The number of nitrogens with one attached hydrogen (secondary N) is 1. The number of carbonyl (C=O) groups is 3. The summed E-state index contributed by atoms with van der Waals surface area (Å²) in [5.74, 6) is 0.0517. The number of nitrogens with zero attached hydrogens (tertiary/aromatic N) is 1. The molecule has 2 heterocycles. The van der Waals surface area contributed by atoms with Gasteiger partial charge >= 0.3 is 5.97 Å². The fraction of sp³-hybridized carbons (Fsp3) is 0.240. The minimum Gasteiger partial charge on any atom is -0.497 e. The summed E-state index contributed by atoms with van der Waals surface area (Å²) in [6, 6.07) is 15.8. The number of thioether (sulfide) groups is 1. The van der Waals surface area contributed by atoms with Crippen LogP contribution in [0.1, 0.15) is 11.1 Å². The first-order valence-corrected chi connectivity index (χ1v) is 11.5. The third-order valence-corrected chi connectivity index (χ3v) is 6.79. The van der Waals surface area contributed by atoms with Crippen LogP contribution in [0.4, 0.5) is 0 Å². The number of methoxy groups -OCH3 is 1. The Bertz CT molecular complexity index is 1100. The maximum Gasteiger partial charge on any atom is 0.355 e. The average molecular weight is 465 g/mol. The molecule has 0 bridgehead atoms. The van der Waals surface area contributed by atoms with Crippen molar-refractivity contribution in [3.05, 3.63) is 89.6 Å². The van der Waals surface area contributed by atoms with Gasteiger partial charge in [0.2, 0.25) is 5.91 Å². The molecule has 1 saturated heterocycles. The lowest BCUT2D eigenvalue weighted by Gasteiger charge is -2.49. The molecule has 1 unspecified atom stereocenters. The summed E-state index contributed by atoms with van der Waals surface area (Å²) in [6.07, 6.45) is 1.76. The Kier molecular flexibility index (Phi) is 6.84. The fourth-order valence-corrected chi connectivity index (χ4v) is 5.07. The first kappa shape index (κ1) is 22.7. The fourth-order valence-electron chi connectivity index (χ4n) is 3.73. The van der Waals surface area contributed by atoms with Gasteiger partial charge in [-0.2, -0.15) is 0 Å². The van der Waals surface area contributed by atoms with Gasteiger partial charge in [0.1, 0.15) is 29.5 Å². The van der Waals surface area contributed by atoms with Gasteiger partial charge in [0, 0.05) is 5.75 Å². The van der Waals surface area contributed by atoms with Crippen molar-refractivity contribution in [1.82, 2.24) is 10.2 Å². The van der Waals surface area contributed by atoms with E-state index in [1.165, 1.54) is 16.7 Å². The van der Waals surface area contributed by atoms with E-state index in [0.29, 0.717) is 17.1 Å². The van der Waals surface area contributed by atoms with Crippen LogP contribution in [0.15, 0.2) is 78.5 Å². The van der Waals surface area contributed by atoms with Crippen molar-refractivity contribution < 1.29 is 23.9 Å². The Labute approximate surface area is 196 Å². The number of esters is 1. The van der Waals surface area contributed by atoms with Crippen molar-refractivity contribution in [2.24, 2.45) is 0 Å². The first-order valence-electron chi connectivity index (χ1n) is 10.5. The van der Waals surface area contributed by atoms with Gasteiger partial charge in [0.15, 0.2) is 0 Å². The molecule has 0 radical (unpaired) electrons. The van der Waals surface area contributed by atoms with Crippen molar-refractivity contribution in [1.29, 1.82) is 0 Å². The first-order chi connectivity index (χ1) is 16.0. The average Bonchev–Trinajstić information content (AvgIpc) is 2.85. The molecule has 1 N–H and O–H groups in total. The number of β-lactam (4-membered cyclic amide) rings is 1. The lowest BCUT2D eigenvalue weighted by Crippen LogP contribution is -2.70. The summed E-state index contributed by atoms with van der Waals surface area (Å²) in [5, 5.41) is 2.45. The number of hydrogen-bond donors (Lipinski definition) is 1. The second-order valence-corrected chi connectivity index (χ2v) is 8.72. The van der Waals surface area contributed by atoms with E-state index in [1.54, 1.807) is 25.3 Å². The second kappa shape index (κ2) is 9.95. The third kappa shape index (κ3) is 4.80. The predicted octanol–water partition coefficient (Wildman–Crippen LogP) is 2.82. The molecule has 0 saturated carbocycles. The summed E-state index contributed by atoms with van der Waals surface area (Å²) in [5.41, 5.74) is 2.50. The maximum absolute atomic E-state index is 12.9. The molecular formula is C25H24N2O5S. The molecule has 2 aromatic carbocycles. The Hall–Kier alpha value is -3.52. The molecule has 8 heteroatoms. The summed E-state index contributed by atoms with van der Waals surface area (Å²) in [7, 11) is 1.58. The molecule has 2 aliphatic heterocycles. The Morgan fingerprint density at radius 3 is 2.55 bits per heavy atom. The molecule has 4 rings (SSSR count). The van der Waals surface area contributed by atoms with Crippen LogP contribution in [-0.4, -0.2) is 47.0 Å². The maximum atomic E-state index is 12.9. The summed E-state index contributed by atoms with van der Waals surface area (Å²) >= 11 is 1.49. The summed E-state index contributed by atoms with van der Waals surface area (Å²) in [4.78, 5) is 39.7. The predicted molar refractivity (Wildman–Crippen MR) is 125 cm³/mol. The minimum atomic E-state index is -0.679. The number of rotatable bonds is 8. The minimum absolute atomic E-state index is 0.0633. The van der Waals surface area contributed by atoms with E-state index in [0.717, 1.165) is 11.1 Å². The standard InChI is InChI=1S/C25H24N2O5S/c1-3-18-15-33-24-21(26-20(28)13-16-7-5-4-6-8-16)23(29)27(24)22(18)25(30)32-14-17-9-11-19(31-2)12-10-17/h3-12,21,24H,1,13-15H2,2H3,(H,26,28)/t21?,24-/m0/s1. The number of carbonyl (C=O) groups excluding carboxylic acids is 3. The SMILES string of the molecule is C=CC1=C(C(=O)OCc2ccc(OC)cc2)N2C(=O)C(NC(=O)Cc3ccccc3)[C@@H]2SC1. The molecule has 2 aromatic rings. The third-order valence-electron chi connectivity index (χ3n) is 5.49. The number of allylic oxidation sites excluding steroid dienone is 1. The number of fused-ring (bicyclic) bond motifs is 1. The molecule has 1 fully saturated rings. The zero-order chi connectivity index (χ0) is 23.4.